The highest BCUT2D eigenvalue weighted by Gasteiger charge is 2.51. The van der Waals surface area contributed by atoms with Crippen LogP contribution in [0.2, 0.25) is 0 Å². The van der Waals surface area contributed by atoms with E-state index in [1.807, 2.05) is 0 Å². The molecule has 28 heavy (non-hydrogen) atoms. The average Bonchev–Trinajstić information content (AvgIpc) is 2.63. The molecule has 150 valence electrons. The van der Waals surface area contributed by atoms with E-state index in [-0.39, 0.29) is 30.4 Å². The van der Waals surface area contributed by atoms with Crippen molar-refractivity contribution in [3.8, 4) is 5.75 Å². The number of benzene rings is 1. The number of ketones is 1. The molecule has 0 atom stereocenters. The number of carbonyl (C=O) groups is 3. The fraction of sp³-hybridized carbons (Fsp3) is 0.591. The lowest BCUT2D eigenvalue weighted by Crippen LogP contribution is -2.60. The Morgan fingerprint density at radius 2 is 1.68 bits per heavy atom. The highest BCUT2D eigenvalue weighted by Crippen LogP contribution is 2.55. The van der Waals surface area contributed by atoms with Gasteiger partial charge < -0.3 is 14.8 Å². The minimum absolute atomic E-state index is 0.0747. The fourth-order valence-electron chi connectivity index (χ4n) is 5.73. The third-order valence-corrected chi connectivity index (χ3v) is 6.40. The molecule has 4 saturated carbocycles. The van der Waals surface area contributed by atoms with Crippen LogP contribution in [0.1, 0.15) is 55.8 Å². The number of amides is 1. The van der Waals surface area contributed by atoms with Crippen molar-refractivity contribution >= 4 is 17.7 Å². The molecule has 1 aromatic carbocycles. The number of hydrogen-bond acceptors (Lipinski definition) is 5. The normalized spacial score (nSPS) is 30.0. The molecule has 0 saturated heterocycles. The van der Waals surface area contributed by atoms with Gasteiger partial charge in [-0.2, -0.15) is 0 Å². The molecule has 4 bridgehead atoms. The predicted octanol–water partition coefficient (Wildman–Crippen LogP) is 2.90. The summed E-state index contributed by atoms with van der Waals surface area (Å²) in [6.07, 6.45) is 7.13. The fourth-order valence-corrected chi connectivity index (χ4v) is 5.73. The van der Waals surface area contributed by atoms with Gasteiger partial charge in [-0.05, 0) is 75.3 Å². The molecule has 6 nitrogen and oxygen atoms in total. The first-order valence-corrected chi connectivity index (χ1v) is 10.1. The molecule has 4 aliphatic rings. The Morgan fingerprint density at radius 1 is 1.04 bits per heavy atom. The standard InChI is InChI=1S/C22H27NO5/c1-14(24)18-3-2-4-19(8-18)27-13-21(26)28-12-20(25)23-22-9-15-5-16(10-22)7-17(6-15)11-22/h2-4,8,15-17H,5-7,9-13H2,1H3,(H,23,25). The molecule has 0 radical (unpaired) electrons. The zero-order valence-corrected chi connectivity index (χ0v) is 16.2. The zero-order chi connectivity index (χ0) is 19.7. The summed E-state index contributed by atoms with van der Waals surface area (Å²) in [4.78, 5) is 35.7. The number of hydrogen-bond donors (Lipinski definition) is 1. The summed E-state index contributed by atoms with van der Waals surface area (Å²) in [5.74, 6) is 1.75. The van der Waals surface area contributed by atoms with Crippen molar-refractivity contribution in [2.75, 3.05) is 13.2 Å². The van der Waals surface area contributed by atoms with E-state index in [9.17, 15) is 14.4 Å². The second-order valence-electron chi connectivity index (χ2n) is 8.78. The first kappa shape index (κ1) is 19.0. The van der Waals surface area contributed by atoms with Gasteiger partial charge >= 0.3 is 5.97 Å². The summed E-state index contributed by atoms with van der Waals surface area (Å²) in [6, 6.07) is 6.62. The van der Waals surface area contributed by atoms with Crippen LogP contribution in [0.5, 0.6) is 5.75 Å². The van der Waals surface area contributed by atoms with Gasteiger partial charge in [0.05, 0.1) is 0 Å². The average molecular weight is 385 g/mol. The van der Waals surface area contributed by atoms with E-state index in [0.717, 1.165) is 37.0 Å². The molecule has 4 fully saturated rings. The second kappa shape index (κ2) is 7.57. The van der Waals surface area contributed by atoms with Crippen LogP contribution in [0.4, 0.5) is 0 Å². The van der Waals surface area contributed by atoms with Crippen LogP contribution in [-0.4, -0.2) is 36.4 Å². The Morgan fingerprint density at radius 3 is 2.29 bits per heavy atom. The van der Waals surface area contributed by atoms with Crippen LogP contribution in [0.15, 0.2) is 24.3 Å². The number of carbonyl (C=O) groups excluding carboxylic acids is 3. The van der Waals surface area contributed by atoms with Gasteiger partial charge in [-0.1, -0.05) is 12.1 Å². The minimum Gasteiger partial charge on any atom is -0.482 e. The van der Waals surface area contributed by atoms with E-state index in [4.69, 9.17) is 9.47 Å². The molecule has 0 aromatic heterocycles. The van der Waals surface area contributed by atoms with Gasteiger partial charge in [-0.3, -0.25) is 9.59 Å². The molecular weight excluding hydrogens is 358 g/mol. The maximum absolute atomic E-state index is 12.4. The van der Waals surface area contributed by atoms with Gasteiger partial charge in [0.15, 0.2) is 19.0 Å². The first-order chi connectivity index (χ1) is 13.4. The SMILES string of the molecule is CC(=O)c1cccc(OCC(=O)OCC(=O)NC23CC4CC(CC(C4)C2)C3)c1. The van der Waals surface area contributed by atoms with E-state index >= 15 is 0 Å². The topological polar surface area (TPSA) is 81.7 Å². The maximum Gasteiger partial charge on any atom is 0.344 e. The van der Waals surface area contributed by atoms with Crippen LogP contribution < -0.4 is 10.1 Å². The molecule has 5 rings (SSSR count). The van der Waals surface area contributed by atoms with E-state index in [2.05, 4.69) is 5.32 Å². The van der Waals surface area contributed by atoms with Gasteiger partial charge in [0.25, 0.3) is 5.91 Å². The summed E-state index contributed by atoms with van der Waals surface area (Å²) in [7, 11) is 0. The predicted molar refractivity (Wildman–Crippen MR) is 102 cm³/mol. The van der Waals surface area contributed by atoms with E-state index in [1.165, 1.54) is 26.2 Å². The van der Waals surface area contributed by atoms with Gasteiger partial charge in [0.1, 0.15) is 5.75 Å². The van der Waals surface area contributed by atoms with Crippen molar-refractivity contribution in [3.63, 3.8) is 0 Å². The van der Waals surface area contributed by atoms with Crippen molar-refractivity contribution in [1.82, 2.24) is 5.32 Å². The quantitative estimate of drug-likeness (QED) is 0.576. The van der Waals surface area contributed by atoms with E-state index < -0.39 is 5.97 Å². The molecule has 0 aliphatic heterocycles. The highest BCUT2D eigenvalue weighted by molar-refractivity contribution is 5.94. The smallest absolute Gasteiger partial charge is 0.344 e. The second-order valence-corrected chi connectivity index (χ2v) is 8.78. The van der Waals surface area contributed by atoms with Crippen LogP contribution in [0.3, 0.4) is 0 Å². The van der Waals surface area contributed by atoms with Crippen molar-refractivity contribution < 1.29 is 23.9 Å². The largest absolute Gasteiger partial charge is 0.482 e. The number of Topliss-reactive ketones (excluding diaryl/α,β-unsaturated/α-hetero) is 1. The lowest BCUT2D eigenvalue weighted by molar-refractivity contribution is -0.151. The summed E-state index contributed by atoms with van der Waals surface area (Å²) in [6.45, 7) is 0.888. The molecule has 1 aromatic rings. The van der Waals surface area contributed by atoms with Crippen LogP contribution >= 0.6 is 0 Å². The van der Waals surface area contributed by atoms with E-state index in [0.29, 0.717) is 11.3 Å². The number of nitrogens with one attached hydrogen (secondary N) is 1. The molecule has 6 heteroatoms. The Balaban J connectivity index is 1.22. The molecular formula is C22H27NO5. The van der Waals surface area contributed by atoms with Crippen LogP contribution in [0, 0.1) is 17.8 Å². The lowest BCUT2D eigenvalue weighted by Gasteiger charge is -2.56. The first-order valence-electron chi connectivity index (χ1n) is 10.1. The number of ether oxygens (including phenoxy) is 2. The van der Waals surface area contributed by atoms with Gasteiger partial charge in [-0.25, -0.2) is 4.79 Å². The Hall–Kier alpha value is -2.37. The van der Waals surface area contributed by atoms with Crippen molar-refractivity contribution in [3.05, 3.63) is 29.8 Å². The summed E-state index contributed by atoms with van der Waals surface area (Å²) < 4.78 is 10.4. The van der Waals surface area contributed by atoms with Crippen molar-refractivity contribution in [2.24, 2.45) is 17.8 Å². The molecule has 0 spiro atoms. The van der Waals surface area contributed by atoms with E-state index in [1.54, 1.807) is 24.3 Å². The summed E-state index contributed by atoms with van der Waals surface area (Å²) in [5, 5.41) is 3.18. The lowest BCUT2D eigenvalue weighted by atomic mass is 9.53. The summed E-state index contributed by atoms with van der Waals surface area (Å²) >= 11 is 0. The third-order valence-electron chi connectivity index (χ3n) is 6.40. The molecule has 4 aliphatic carbocycles. The highest BCUT2D eigenvalue weighted by atomic mass is 16.6. The number of esters is 1. The zero-order valence-electron chi connectivity index (χ0n) is 16.2. The van der Waals surface area contributed by atoms with Gasteiger partial charge in [0, 0.05) is 11.1 Å². The monoisotopic (exact) mass is 385 g/mol. The van der Waals surface area contributed by atoms with Gasteiger partial charge in [-0.15, -0.1) is 0 Å². The van der Waals surface area contributed by atoms with Crippen LogP contribution in [0.25, 0.3) is 0 Å². The number of rotatable bonds is 7. The van der Waals surface area contributed by atoms with Crippen molar-refractivity contribution in [2.45, 2.75) is 51.0 Å². The Bertz CT molecular complexity index is 752. The summed E-state index contributed by atoms with van der Waals surface area (Å²) in [5.41, 5.74) is 0.433. The van der Waals surface area contributed by atoms with Crippen molar-refractivity contribution in [1.29, 1.82) is 0 Å². The maximum atomic E-state index is 12.4. The van der Waals surface area contributed by atoms with Gasteiger partial charge in [0.2, 0.25) is 0 Å². The molecule has 0 heterocycles. The third kappa shape index (κ3) is 4.21. The minimum atomic E-state index is -0.603. The molecule has 1 N–H and O–H groups in total. The Labute approximate surface area is 165 Å². The molecule has 1 amide bonds. The Kier molecular flexibility index (Phi) is 5.13. The molecule has 0 unspecified atom stereocenters. The van der Waals surface area contributed by atoms with Crippen LogP contribution in [-0.2, 0) is 14.3 Å².